The monoisotopic (exact) mass is 349 g/mol. The Kier molecular flexibility index (Phi) is 5.27. The van der Waals surface area contributed by atoms with Crippen molar-refractivity contribution in [1.82, 2.24) is 4.98 Å². The molecule has 0 unspecified atom stereocenters. The first-order valence-corrected chi connectivity index (χ1v) is 8.41. The number of carbonyl (C=O) groups excluding carboxylic acids is 1. The van der Waals surface area contributed by atoms with Crippen LogP contribution >= 0.6 is 0 Å². The van der Waals surface area contributed by atoms with E-state index in [0.717, 1.165) is 11.3 Å². The van der Waals surface area contributed by atoms with Gasteiger partial charge in [0, 0.05) is 11.9 Å². The molecule has 26 heavy (non-hydrogen) atoms. The van der Waals surface area contributed by atoms with E-state index in [1.54, 1.807) is 30.5 Å². The summed E-state index contributed by atoms with van der Waals surface area (Å²) < 4.78 is 13.8. The average molecular weight is 349 g/mol. The second kappa shape index (κ2) is 7.78. The number of amides is 1. The summed E-state index contributed by atoms with van der Waals surface area (Å²) in [5.41, 5.74) is 3.11. The first-order valence-electron chi connectivity index (χ1n) is 8.41. The maximum Gasteiger partial charge on any atom is 0.257 e. The minimum absolute atomic E-state index is 0.261. The van der Waals surface area contributed by atoms with E-state index in [-0.39, 0.29) is 11.7 Å². The highest BCUT2D eigenvalue weighted by atomic mass is 19.1. The van der Waals surface area contributed by atoms with Gasteiger partial charge in [-0.25, -0.2) is 4.39 Å². The number of rotatable bonds is 5. The van der Waals surface area contributed by atoms with Crippen LogP contribution in [0.3, 0.4) is 0 Å². The fraction of sp³-hybridized carbons (Fsp3) is 0.143. The molecule has 0 aliphatic rings. The summed E-state index contributed by atoms with van der Waals surface area (Å²) in [6, 6.07) is 15.7. The molecular weight excluding hydrogens is 329 g/mol. The van der Waals surface area contributed by atoms with Crippen molar-refractivity contribution >= 4 is 23.0 Å². The van der Waals surface area contributed by atoms with Crippen LogP contribution in [0.2, 0.25) is 0 Å². The van der Waals surface area contributed by atoms with E-state index in [1.165, 1.54) is 12.3 Å². The Bertz CT molecular complexity index is 924. The van der Waals surface area contributed by atoms with E-state index >= 15 is 0 Å². The molecule has 132 valence electrons. The Morgan fingerprint density at radius 3 is 2.42 bits per heavy atom. The third kappa shape index (κ3) is 4.06. The zero-order valence-electron chi connectivity index (χ0n) is 14.7. The van der Waals surface area contributed by atoms with Crippen LogP contribution in [-0.4, -0.2) is 10.9 Å². The lowest BCUT2D eigenvalue weighted by Crippen LogP contribution is -2.14. The molecule has 1 aromatic heterocycles. The van der Waals surface area contributed by atoms with Gasteiger partial charge in [0.05, 0.1) is 23.1 Å². The van der Waals surface area contributed by atoms with Crippen LogP contribution in [0.5, 0.6) is 0 Å². The molecule has 2 N–H and O–H groups in total. The summed E-state index contributed by atoms with van der Waals surface area (Å²) in [7, 11) is 0. The summed E-state index contributed by atoms with van der Waals surface area (Å²) in [6.45, 7) is 4.15. The van der Waals surface area contributed by atoms with Gasteiger partial charge in [0.2, 0.25) is 0 Å². The van der Waals surface area contributed by atoms with Gasteiger partial charge in [-0.2, -0.15) is 0 Å². The highest BCUT2D eigenvalue weighted by Crippen LogP contribution is 2.25. The molecule has 0 atom stereocenters. The number of hydrogen-bond donors (Lipinski definition) is 2. The van der Waals surface area contributed by atoms with Gasteiger partial charge in [0.1, 0.15) is 5.82 Å². The number of nitrogens with zero attached hydrogens (tertiary/aromatic N) is 1. The van der Waals surface area contributed by atoms with Crippen LogP contribution < -0.4 is 10.6 Å². The molecule has 0 aliphatic heterocycles. The van der Waals surface area contributed by atoms with Crippen LogP contribution in [0.1, 0.15) is 35.7 Å². The highest BCUT2D eigenvalue weighted by molar-refractivity contribution is 6.05. The molecule has 0 bridgehead atoms. The third-order valence-corrected chi connectivity index (χ3v) is 3.98. The van der Waals surface area contributed by atoms with E-state index < -0.39 is 0 Å². The molecule has 0 saturated heterocycles. The minimum atomic E-state index is -0.367. The van der Waals surface area contributed by atoms with Crippen molar-refractivity contribution in [3.63, 3.8) is 0 Å². The molecule has 4 nitrogen and oxygen atoms in total. The van der Waals surface area contributed by atoms with Crippen molar-refractivity contribution in [2.24, 2.45) is 0 Å². The Morgan fingerprint density at radius 1 is 1.00 bits per heavy atom. The number of benzene rings is 2. The standard InChI is InChI=1S/C21H20FN3O/c1-14(2)17-7-3-5-9-19(17)25-21(26)15-11-16(13-23-12-15)24-20-10-6-4-8-18(20)22/h3-14,24H,1-2H3,(H,25,26). The van der Waals surface area contributed by atoms with E-state index in [1.807, 2.05) is 24.3 Å². The molecule has 3 aromatic rings. The lowest BCUT2D eigenvalue weighted by molar-refractivity contribution is 0.102. The van der Waals surface area contributed by atoms with Crippen molar-refractivity contribution in [3.05, 3.63) is 83.9 Å². The SMILES string of the molecule is CC(C)c1ccccc1NC(=O)c1cncc(Nc2ccccc2F)c1. The topological polar surface area (TPSA) is 54.0 Å². The molecule has 0 saturated carbocycles. The Hall–Kier alpha value is -3.21. The molecule has 0 fully saturated rings. The van der Waals surface area contributed by atoms with Gasteiger partial charge >= 0.3 is 0 Å². The van der Waals surface area contributed by atoms with Gasteiger partial charge in [-0.05, 0) is 35.7 Å². The summed E-state index contributed by atoms with van der Waals surface area (Å²) in [5, 5.41) is 5.87. The van der Waals surface area contributed by atoms with Crippen molar-refractivity contribution in [3.8, 4) is 0 Å². The molecule has 0 radical (unpaired) electrons. The van der Waals surface area contributed by atoms with E-state index in [0.29, 0.717) is 22.9 Å². The van der Waals surface area contributed by atoms with Crippen LogP contribution in [0.25, 0.3) is 0 Å². The number of nitrogens with one attached hydrogen (secondary N) is 2. The lowest BCUT2D eigenvalue weighted by Gasteiger charge is -2.14. The first-order chi connectivity index (χ1) is 12.5. The second-order valence-electron chi connectivity index (χ2n) is 6.26. The molecular formula is C21H20FN3O. The van der Waals surface area contributed by atoms with Gasteiger partial charge in [0.15, 0.2) is 0 Å². The molecule has 3 rings (SSSR count). The van der Waals surface area contributed by atoms with E-state index in [2.05, 4.69) is 29.5 Å². The molecule has 1 heterocycles. The number of pyridine rings is 1. The quantitative estimate of drug-likeness (QED) is 0.654. The van der Waals surface area contributed by atoms with Crippen LogP contribution in [0.4, 0.5) is 21.5 Å². The number of anilines is 3. The van der Waals surface area contributed by atoms with Gasteiger partial charge in [0.25, 0.3) is 5.91 Å². The summed E-state index contributed by atoms with van der Waals surface area (Å²) in [4.78, 5) is 16.7. The van der Waals surface area contributed by atoms with E-state index in [4.69, 9.17) is 0 Å². The zero-order valence-corrected chi connectivity index (χ0v) is 14.7. The number of carbonyl (C=O) groups is 1. The highest BCUT2D eigenvalue weighted by Gasteiger charge is 2.12. The molecule has 2 aromatic carbocycles. The van der Waals surface area contributed by atoms with Crippen LogP contribution in [0, 0.1) is 5.82 Å². The van der Waals surface area contributed by atoms with Gasteiger partial charge < -0.3 is 10.6 Å². The number of aromatic nitrogens is 1. The number of hydrogen-bond acceptors (Lipinski definition) is 3. The van der Waals surface area contributed by atoms with Crippen molar-refractivity contribution in [1.29, 1.82) is 0 Å². The van der Waals surface area contributed by atoms with Crippen molar-refractivity contribution < 1.29 is 9.18 Å². The normalized spacial score (nSPS) is 10.6. The predicted molar refractivity (Wildman–Crippen MR) is 102 cm³/mol. The van der Waals surface area contributed by atoms with Gasteiger partial charge in [-0.3, -0.25) is 9.78 Å². The maximum absolute atomic E-state index is 13.8. The van der Waals surface area contributed by atoms with Crippen LogP contribution in [-0.2, 0) is 0 Å². The van der Waals surface area contributed by atoms with Gasteiger partial charge in [-0.1, -0.05) is 44.2 Å². The zero-order chi connectivity index (χ0) is 18.5. The molecule has 5 heteroatoms. The largest absolute Gasteiger partial charge is 0.352 e. The summed E-state index contributed by atoms with van der Waals surface area (Å²) >= 11 is 0. The Balaban J connectivity index is 1.80. The lowest BCUT2D eigenvalue weighted by atomic mass is 10.0. The summed E-state index contributed by atoms with van der Waals surface area (Å²) in [6.07, 6.45) is 3.03. The Morgan fingerprint density at radius 2 is 1.69 bits per heavy atom. The average Bonchev–Trinajstić information content (AvgIpc) is 2.64. The number of para-hydroxylation sites is 2. The second-order valence-corrected chi connectivity index (χ2v) is 6.26. The molecule has 1 amide bonds. The minimum Gasteiger partial charge on any atom is -0.352 e. The predicted octanol–water partition coefficient (Wildman–Crippen LogP) is 5.34. The first kappa shape index (κ1) is 17.6. The van der Waals surface area contributed by atoms with E-state index in [9.17, 15) is 9.18 Å². The summed E-state index contributed by atoms with van der Waals surface area (Å²) in [5.74, 6) is -0.338. The van der Waals surface area contributed by atoms with Crippen LogP contribution in [0.15, 0.2) is 67.0 Å². The molecule has 0 spiro atoms. The Labute approximate surface area is 152 Å². The maximum atomic E-state index is 13.8. The van der Waals surface area contributed by atoms with Crippen molar-refractivity contribution in [2.75, 3.05) is 10.6 Å². The smallest absolute Gasteiger partial charge is 0.257 e. The molecule has 0 aliphatic carbocycles. The van der Waals surface area contributed by atoms with Crippen molar-refractivity contribution in [2.45, 2.75) is 19.8 Å². The fourth-order valence-corrected chi connectivity index (χ4v) is 2.66. The van der Waals surface area contributed by atoms with Gasteiger partial charge in [-0.15, -0.1) is 0 Å². The third-order valence-electron chi connectivity index (χ3n) is 3.98. The fourth-order valence-electron chi connectivity index (χ4n) is 2.66. The number of halogens is 1.